The van der Waals surface area contributed by atoms with Gasteiger partial charge in [0.1, 0.15) is 28.6 Å². The van der Waals surface area contributed by atoms with Crippen molar-refractivity contribution in [1.29, 1.82) is 0 Å². The number of rotatable bonds is 9. The minimum absolute atomic E-state index is 0.165. The van der Waals surface area contributed by atoms with Gasteiger partial charge in [0.2, 0.25) is 0 Å². The first kappa shape index (κ1) is 23.3. The Morgan fingerprint density at radius 1 is 0.829 bits per heavy atom. The minimum atomic E-state index is -0.353. The number of carbonyl (C=O) groups is 1. The Kier molecular flexibility index (Phi) is 7.22. The zero-order valence-corrected chi connectivity index (χ0v) is 19.3. The third kappa shape index (κ3) is 5.75. The number of ketones is 1. The van der Waals surface area contributed by atoms with Crippen molar-refractivity contribution in [2.75, 3.05) is 14.2 Å². The third-order valence-corrected chi connectivity index (χ3v) is 5.09. The number of hydrogen-bond acceptors (Lipinski definition) is 6. The van der Waals surface area contributed by atoms with E-state index in [0.29, 0.717) is 11.5 Å². The SMILES string of the molecule is COc1cc(/C=C/C(=O)/C=C(O)/C=C/c2ccc(-n3cccn3)c(OC)c2)ccc1-n1cccn1. The second-order valence-corrected chi connectivity index (χ2v) is 7.40. The molecule has 0 bridgehead atoms. The fourth-order valence-corrected chi connectivity index (χ4v) is 3.40. The molecule has 0 atom stereocenters. The quantitative estimate of drug-likeness (QED) is 0.215. The molecule has 35 heavy (non-hydrogen) atoms. The Morgan fingerprint density at radius 2 is 1.34 bits per heavy atom. The molecular weight excluding hydrogens is 444 g/mol. The number of aromatic nitrogens is 4. The Labute approximate surface area is 202 Å². The summed E-state index contributed by atoms with van der Waals surface area (Å²) in [6.07, 6.45) is 14.4. The molecule has 0 aliphatic heterocycles. The number of hydrogen-bond donors (Lipinski definition) is 1. The Hall–Kier alpha value is -4.85. The molecule has 2 heterocycles. The summed E-state index contributed by atoms with van der Waals surface area (Å²) in [5.74, 6) is 0.737. The number of carbonyl (C=O) groups excluding carboxylic acids is 1. The normalized spacial score (nSPS) is 11.9. The van der Waals surface area contributed by atoms with Crippen LogP contribution < -0.4 is 9.47 Å². The van der Waals surface area contributed by atoms with Gasteiger partial charge in [0.15, 0.2) is 5.78 Å². The topological polar surface area (TPSA) is 91.4 Å². The molecule has 0 saturated heterocycles. The summed E-state index contributed by atoms with van der Waals surface area (Å²) in [5.41, 5.74) is 3.16. The summed E-state index contributed by atoms with van der Waals surface area (Å²) in [6, 6.07) is 14.7. The Bertz CT molecular complexity index is 1380. The highest BCUT2D eigenvalue weighted by molar-refractivity contribution is 6.02. The van der Waals surface area contributed by atoms with Crippen molar-refractivity contribution in [2.45, 2.75) is 0 Å². The predicted octanol–water partition coefficient (Wildman–Crippen LogP) is 4.81. The lowest BCUT2D eigenvalue weighted by atomic mass is 10.1. The van der Waals surface area contributed by atoms with Crippen molar-refractivity contribution in [3.63, 3.8) is 0 Å². The van der Waals surface area contributed by atoms with Crippen LogP contribution in [0.1, 0.15) is 11.1 Å². The number of nitrogens with zero attached hydrogens (tertiary/aromatic N) is 4. The van der Waals surface area contributed by atoms with Crippen molar-refractivity contribution in [3.05, 3.63) is 108 Å². The molecule has 0 aliphatic carbocycles. The predicted molar refractivity (Wildman–Crippen MR) is 134 cm³/mol. The smallest absolute Gasteiger partial charge is 0.182 e. The van der Waals surface area contributed by atoms with Gasteiger partial charge in [-0.05, 0) is 59.7 Å². The molecular formula is C27H24N4O4. The highest BCUT2D eigenvalue weighted by Crippen LogP contribution is 2.25. The van der Waals surface area contributed by atoms with E-state index in [1.165, 1.54) is 12.2 Å². The summed E-state index contributed by atoms with van der Waals surface area (Å²) in [5, 5.41) is 18.6. The first-order valence-electron chi connectivity index (χ1n) is 10.7. The van der Waals surface area contributed by atoms with Gasteiger partial charge in [0.05, 0.1) is 14.2 Å². The van der Waals surface area contributed by atoms with Crippen LogP contribution >= 0.6 is 0 Å². The average molecular weight is 469 g/mol. The summed E-state index contributed by atoms with van der Waals surface area (Å²) >= 11 is 0. The standard InChI is InChI=1S/C27H24N4O4/c1-34-26-17-20(7-11-24(26)30-15-3-13-28-30)5-9-22(32)19-23(33)10-6-21-8-12-25(27(18-21)35-2)31-16-4-14-29-31/h3-19,32H,1-2H3/b9-5+,10-6+,22-19-. The molecule has 176 valence electrons. The Morgan fingerprint density at radius 3 is 1.80 bits per heavy atom. The van der Waals surface area contributed by atoms with Crippen LogP contribution in [0.5, 0.6) is 11.5 Å². The van der Waals surface area contributed by atoms with Gasteiger partial charge in [0, 0.05) is 30.9 Å². The van der Waals surface area contributed by atoms with Crippen LogP contribution in [-0.2, 0) is 4.79 Å². The molecule has 8 nitrogen and oxygen atoms in total. The zero-order valence-electron chi connectivity index (χ0n) is 19.3. The van der Waals surface area contributed by atoms with Crippen LogP contribution in [-0.4, -0.2) is 44.7 Å². The van der Waals surface area contributed by atoms with E-state index in [4.69, 9.17) is 9.47 Å². The van der Waals surface area contributed by atoms with Gasteiger partial charge in [-0.25, -0.2) is 9.36 Å². The maximum Gasteiger partial charge on any atom is 0.182 e. The van der Waals surface area contributed by atoms with Crippen LogP contribution in [0, 0.1) is 0 Å². The lowest BCUT2D eigenvalue weighted by Gasteiger charge is -2.09. The van der Waals surface area contributed by atoms with Crippen molar-refractivity contribution in [2.24, 2.45) is 0 Å². The summed E-state index contributed by atoms with van der Waals surface area (Å²) in [4.78, 5) is 12.3. The van der Waals surface area contributed by atoms with Gasteiger partial charge in [-0.1, -0.05) is 24.3 Å². The van der Waals surface area contributed by atoms with E-state index in [0.717, 1.165) is 28.6 Å². The van der Waals surface area contributed by atoms with Gasteiger partial charge in [-0.3, -0.25) is 4.79 Å². The van der Waals surface area contributed by atoms with E-state index in [-0.39, 0.29) is 11.5 Å². The molecule has 0 amide bonds. The summed E-state index contributed by atoms with van der Waals surface area (Å²) in [7, 11) is 3.16. The lowest BCUT2D eigenvalue weighted by molar-refractivity contribution is -0.110. The third-order valence-electron chi connectivity index (χ3n) is 5.09. The molecule has 0 radical (unpaired) electrons. The molecule has 4 aromatic rings. The van der Waals surface area contributed by atoms with Crippen LogP contribution in [0.25, 0.3) is 23.5 Å². The summed E-state index contributed by atoms with van der Waals surface area (Å²) in [6.45, 7) is 0. The number of allylic oxidation sites excluding steroid dienone is 3. The van der Waals surface area contributed by atoms with E-state index in [9.17, 15) is 9.90 Å². The molecule has 0 fully saturated rings. The molecule has 2 aromatic heterocycles. The molecule has 1 N–H and O–H groups in total. The van der Waals surface area contributed by atoms with Crippen molar-refractivity contribution in [3.8, 4) is 22.9 Å². The van der Waals surface area contributed by atoms with Crippen molar-refractivity contribution < 1.29 is 19.4 Å². The van der Waals surface area contributed by atoms with Crippen molar-refractivity contribution >= 4 is 17.9 Å². The van der Waals surface area contributed by atoms with Gasteiger partial charge in [-0.15, -0.1) is 0 Å². The second-order valence-electron chi connectivity index (χ2n) is 7.40. The van der Waals surface area contributed by atoms with Gasteiger partial charge >= 0.3 is 0 Å². The molecule has 0 unspecified atom stereocenters. The average Bonchev–Trinajstić information content (AvgIpc) is 3.61. The second kappa shape index (κ2) is 10.8. The zero-order chi connectivity index (χ0) is 24.6. The van der Waals surface area contributed by atoms with E-state index in [1.54, 1.807) is 48.1 Å². The monoisotopic (exact) mass is 468 g/mol. The first-order valence-corrected chi connectivity index (χ1v) is 10.7. The van der Waals surface area contributed by atoms with Gasteiger partial charge in [0.25, 0.3) is 0 Å². The molecule has 4 rings (SSSR count). The highest BCUT2D eigenvalue weighted by atomic mass is 16.5. The van der Waals surface area contributed by atoms with E-state index in [2.05, 4.69) is 10.2 Å². The fourth-order valence-electron chi connectivity index (χ4n) is 3.40. The van der Waals surface area contributed by atoms with Gasteiger partial charge < -0.3 is 14.6 Å². The maximum absolute atomic E-state index is 12.3. The minimum Gasteiger partial charge on any atom is -0.508 e. The lowest BCUT2D eigenvalue weighted by Crippen LogP contribution is -1.98. The number of benzene rings is 2. The van der Waals surface area contributed by atoms with Crippen LogP contribution in [0.15, 0.2) is 97.3 Å². The fraction of sp³-hybridized carbons (Fsp3) is 0.0741. The molecule has 0 aliphatic rings. The molecule has 2 aromatic carbocycles. The van der Waals surface area contributed by atoms with Crippen LogP contribution in [0.4, 0.5) is 0 Å². The molecule has 0 saturated carbocycles. The number of methoxy groups -OCH3 is 2. The largest absolute Gasteiger partial charge is 0.508 e. The molecule has 0 spiro atoms. The van der Waals surface area contributed by atoms with Crippen LogP contribution in [0.2, 0.25) is 0 Å². The first-order chi connectivity index (χ1) is 17.1. The Balaban J connectivity index is 1.43. The van der Waals surface area contributed by atoms with Crippen molar-refractivity contribution in [1.82, 2.24) is 19.6 Å². The van der Waals surface area contributed by atoms with Crippen LogP contribution in [0.3, 0.4) is 0 Å². The van der Waals surface area contributed by atoms with Gasteiger partial charge in [-0.2, -0.15) is 10.2 Å². The number of aliphatic hydroxyl groups is 1. The number of aliphatic hydroxyl groups excluding tert-OH is 1. The molecule has 8 heteroatoms. The maximum atomic E-state index is 12.3. The highest BCUT2D eigenvalue weighted by Gasteiger charge is 2.07. The number of ether oxygens (including phenoxy) is 2. The van der Waals surface area contributed by atoms with E-state index >= 15 is 0 Å². The summed E-state index contributed by atoms with van der Waals surface area (Å²) < 4.78 is 14.3. The van der Waals surface area contributed by atoms with E-state index < -0.39 is 0 Å². The van der Waals surface area contributed by atoms with E-state index in [1.807, 2.05) is 60.9 Å².